The molecule has 0 aromatic heterocycles. The lowest BCUT2D eigenvalue weighted by molar-refractivity contribution is 0.258. The van der Waals surface area contributed by atoms with E-state index in [1.165, 1.54) is 45.1 Å². The fourth-order valence-electron chi connectivity index (χ4n) is 2.10. The van der Waals surface area contributed by atoms with Crippen LogP contribution in [0.5, 0.6) is 0 Å². The minimum absolute atomic E-state index is 0.704. The molecule has 1 aliphatic rings. The van der Waals surface area contributed by atoms with Gasteiger partial charge in [0.25, 0.3) is 0 Å². The van der Waals surface area contributed by atoms with Crippen LogP contribution in [0.3, 0.4) is 0 Å². The van der Waals surface area contributed by atoms with E-state index in [0.717, 1.165) is 11.8 Å². The van der Waals surface area contributed by atoms with E-state index in [9.17, 15) is 0 Å². The van der Waals surface area contributed by atoms with Crippen molar-refractivity contribution in [2.24, 2.45) is 11.8 Å². The van der Waals surface area contributed by atoms with Crippen LogP contribution in [0.2, 0.25) is 0 Å². The minimum Gasteiger partial charge on any atom is -0.314 e. The van der Waals surface area contributed by atoms with E-state index >= 15 is 0 Å². The van der Waals surface area contributed by atoms with Crippen molar-refractivity contribution < 1.29 is 0 Å². The standard InChI is InChI=1S/C13H27N/c1-4-10-14-12(3)11(2)8-9-13-6-5-7-13/h11-14H,4-10H2,1-3H3/t11-,12+/m0/s1. The monoisotopic (exact) mass is 197 g/mol. The molecule has 1 heteroatoms. The summed E-state index contributed by atoms with van der Waals surface area (Å²) in [5.41, 5.74) is 0. The van der Waals surface area contributed by atoms with Gasteiger partial charge in [-0.1, -0.05) is 39.5 Å². The Hall–Kier alpha value is -0.0400. The van der Waals surface area contributed by atoms with E-state index in [0.29, 0.717) is 6.04 Å². The van der Waals surface area contributed by atoms with Crippen LogP contribution >= 0.6 is 0 Å². The molecule has 1 N–H and O–H groups in total. The van der Waals surface area contributed by atoms with Gasteiger partial charge in [0.05, 0.1) is 0 Å². The van der Waals surface area contributed by atoms with Gasteiger partial charge in [0, 0.05) is 6.04 Å². The average Bonchev–Trinajstić information content (AvgIpc) is 2.11. The molecular formula is C13H27N. The molecule has 0 saturated heterocycles. The van der Waals surface area contributed by atoms with Crippen LogP contribution < -0.4 is 5.32 Å². The summed E-state index contributed by atoms with van der Waals surface area (Å²) in [6.45, 7) is 8.14. The third-order valence-electron chi connectivity index (χ3n) is 3.82. The van der Waals surface area contributed by atoms with Crippen molar-refractivity contribution in [3.05, 3.63) is 0 Å². The SMILES string of the molecule is CCCN[C@H](C)[C@@H](C)CCC1CCC1. The van der Waals surface area contributed by atoms with E-state index in [1.54, 1.807) is 0 Å². The minimum atomic E-state index is 0.704. The van der Waals surface area contributed by atoms with Crippen molar-refractivity contribution in [1.82, 2.24) is 5.32 Å². The highest BCUT2D eigenvalue weighted by Gasteiger charge is 2.19. The first-order valence-corrected chi connectivity index (χ1v) is 6.47. The molecule has 0 aliphatic heterocycles. The maximum absolute atomic E-state index is 3.59. The first kappa shape index (κ1) is 12.0. The maximum Gasteiger partial charge on any atom is 0.00643 e. The average molecular weight is 197 g/mol. The second-order valence-corrected chi connectivity index (χ2v) is 5.09. The quantitative estimate of drug-likeness (QED) is 0.657. The van der Waals surface area contributed by atoms with Crippen molar-refractivity contribution in [1.29, 1.82) is 0 Å². The van der Waals surface area contributed by atoms with E-state index < -0.39 is 0 Å². The van der Waals surface area contributed by atoms with E-state index in [4.69, 9.17) is 0 Å². The highest BCUT2D eigenvalue weighted by molar-refractivity contribution is 4.74. The molecule has 14 heavy (non-hydrogen) atoms. The number of hydrogen-bond donors (Lipinski definition) is 1. The second-order valence-electron chi connectivity index (χ2n) is 5.09. The third-order valence-corrected chi connectivity index (χ3v) is 3.82. The van der Waals surface area contributed by atoms with Crippen LogP contribution in [0.15, 0.2) is 0 Å². The van der Waals surface area contributed by atoms with Gasteiger partial charge in [-0.15, -0.1) is 0 Å². The summed E-state index contributed by atoms with van der Waals surface area (Å²) in [5.74, 6) is 1.93. The van der Waals surface area contributed by atoms with Gasteiger partial charge in [0.1, 0.15) is 0 Å². The molecule has 2 atom stereocenters. The molecule has 0 aromatic carbocycles. The Labute approximate surface area is 89.7 Å². The van der Waals surface area contributed by atoms with Gasteiger partial charge in [0.2, 0.25) is 0 Å². The zero-order chi connectivity index (χ0) is 10.4. The predicted molar refractivity (Wildman–Crippen MR) is 63.5 cm³/mol. The Balaban J connectivity index is 2.03. The van der Waals surface area contributed by atoms with Crippen LogP contribution in [-0.4, -0.2) is 12.6 Å². The molecule has 0 amide bonds. The largest absolute Gasteiger partial charge is 0.314 e. The van der Waals surface area contributed by atoms with Gasteiger partial charge in [-0.2, -0.15) is 0 Å². The summed E-state index contributed by atoms with van der Waals surface area (Å²) in [4.78, 5) is 0. The third kappa shape index (κ3) is 4.00. The Morgan fingerprint density at radius 2 is 2.00 bits per heavy atom. The normalized spacial score (nSPS) is 21.6. The zero-order valence-electron chi connectivity index (χ0n) is 10.2. The molecule has 0 spiro atoms. The van der Waals surface area contributed by atoms with Gasteiger partial charge in [0.15, 0.2) is 0 Å². The van der Waals surface area contributed by atoms with Gasteiger partial charge >= 0.3 is 0 Å². The summed E-state index contributed by atoms with van der Waals surface area (Å²) in [6, 6.07) is 0.704. The lowest BCUT2D eigenvalue weighted by Crippen LogP contribution is -2.33. The zero-order valence-corrected chi connectivity index (χ0v) is 10.2. The molecule has 0 radical (unpaired) electrons. The first-order valence-electron chi connectivity index (χ1n) is 6.47. The summed E-state index contributed by atoms with van der Waals surface area (Å²) < 4.78 is 0. The van der Waals surface area contributed by atoms with Crippen LogP contribution in [-0.2, 0) is 0 Å². The molecule has 0 bridgehead atoms. The summed E-state index contributed by atoms with van der Waals surface area (Å²) in [6.07, 6.45) is 8.64. The van der Waals surface area contributed by atoms with Crippen LogP contribution in [0.1, 0.15) is 59.3 Å². The fourth-order valence-corrected chi connectivity index (χ4v) is 2.10. The summed E-state index contributed by atoms with van der Waals surface area (Å²) in [5, 5.41) is 3.59. The molecule has 0 heterocycles. The summed E-state index contributed by atoms with van der Waals surface area (Å²) >= 11 is 0. The predicted octanol–water partition coefficient (Wildman–Crippen LogP) is 3.59. The Bertz CT molecular complexity index is 140. The van der Waals surface area contributed by atoms with Crippen molar-refractivity contribution in [3.8, 4) is 0 Å². The molecule has 0 aromatic rings. The first-order chi connectivity index (χ1) is 6.74. The van der Waals surface area contributed by atoms with Crippen LogP contribution in [0.4, 0.5) is 0 Å². The number of nitrogens with one attached hydrogen (secondary N) is 1. The van der Waals surface area contributed by atoms with Crippen molar-refractivity contribution >= 4 is 0 Å². The lowest BCUT2D eigenvalue weighted by Gasteiger charge is -2.28. The smallest absolute Gasteiger partial charge is 0.00643 e. The van der Waals surface area contributed by atoms with Gasteiger partial charge in [-0.25, -0.2) is 0 Å². The van der Waals surface area contributed by atoms with Crippen molar-refractivity contribution in [2.45, 2.75) is 65.3 Å². The second kappa shape index (κ2) is 6.44. The maximum atomic E-state index is 3.59. The lowest BCUT2D eigenvalue weighted by atomic mass is 9.80. The van der Waals surface area contributed by atoms with Gasteiger partial charge in [-0.3, -0.25) is 0 Å². The highest BCUT2D eigenvalue weighted by Crippen LogP contribution is 2.31. The molecule has 1 saturated carbocycles. The molecule has 1 nitrogen and oxygen atoms in total. The molecule has 1 rings (SSSR count). The van der Waals surface area contributed by atoms with Crippen LogP contribution in [0, 0.1) is 11.8 Å². The summed E-state index contributed by atoms with van der Waals surface area (Å²) in [7, 11) is 0. The van der Waals surface area contributed by atoms with Crippen LogP contribution in [0.25, 0.3) is 0 Å². The van der Waals surface area contributed by atoms with E-state index in [2.05, 4.69) is 26.1 Å². The highest BCUT2D eigenvalue weighted by atomic mass is 14.9. The van der Waals surface area contributed by atoms with Gasteiger partial charge in [-0.05, 0) is 38.1 Å². The molecular weight excluding hydrogens is 170 g/mol. The van der Waals surface area contributed by atoms with Crippen molar-refractivity contribution in [3.63, 3.8) is 0 Å². The van der Waals surface area contributed by atoms with Gasteiger partial charge < -0.3 is 5.32 Å². The van der Waals surface area contributed by atoms with Crippen molar-refractivity contribution in [2.75, 3.05) is 6.54 Å². The van der Waals surface area contributed by atoms with E-state index in [-0.39, 0.29) is 0 Å². The topological polar surface area (TPSA) is 12.0 Å². The molecule has 1 fully saturated rings. The molecule has 1 aliphatic carbocycles. The fraction of sp³-hybridized carbons (Fsp3) is 1.00. The Kier molecular flexibility index (Phi) is 5.54. The number of rotatable bonds is 7. The molecule has 84 valence electrons. The Morgan fingerprint density at radius 3 is 2.50 bits per heavy atom. The number of hydrogen-bond acceptors (Lipinski definition) is 1. The Morgan fingerprint density at radius 1 is 1.29 bits per heavy atom. The van der Waals surface area contributed by atoms with E-state index in [1.807, 2.05) is 0 Å². The molecule has 0 unspecified atom stereocenters.